The molecule has 0 aromatic heterocycles. The maximum atomic E-state index is 3.74. The lowest BCUT2D eigenvalue weighted by molar-refractivity contribution is 0.258. The molecule has 2 nitrogen and oxygen atoms in total. The largest absolute Gasteiger partial charge is 0.264 e. The lowest BCUT2D eigenvalue weighted by atomic mass is 10.3. The van der Waals surface area contributed by atoms with Crippen molar-refractivity contribution in [3.05, 3.63) is 0 Å². The van der Waals surface area contributed by atoms with Gasteiger partial charge in [-0.25, -0.2) is 0 Å². The predicted molar refractivity (Wildman–Crippen MR) is 84.9 cm³/mol. The quantitative estimate of drug-likeness (QED) is 0.486. The third-order valence-electron chi connectivity index (χ3n) is 2.76. The zero-order valence-corrected chi connectivity index (χ0v) is 15.2. The van der Waals surface area contributed by atoms with Crippen LogP contribution in [0.25, 0.3) is 0 Å². The Morgan fingerprint density at radius 1 is 0.706 bits per heavy atom. The summed E-state index contributed by atoms with van der Waals surface area (Å²) >= 11 is 3.74. The van der Waals surface area contributed by atoms with Crippen LogP contribution in [0.3, 0.4) is 0 Å². The van der Waals surface area contributed by atoms with Gasteiger partial charge in [0.1, 0.15) is 0 Å². The van der Waals surface area contributed by atoms with Gasteiger partial charge in [-0.1, -0.05) is 15.9 Å². The van der Waals surface area contributed by atoms with Crippen molar-refractivity contribution in [1.29, 1.82) is 0 Å². The smallest absolute Gasteiger partial charge is 0.0515 e. The monoisotopic (exact) mass is 324 g/mol. The minimum absolute atomic E-state index is 0.260. The molecule has 0 rings (SSSR count). The fraction of sp³-hybridized carbons (Fsp3) is 1.00. The topological polar surface area (TPSA) is 6.48 Å². The number of halogens is 1. The van der Waals surface area contributed by atoms with Gasteiger partial charge in [-0.05, 0) is 55.4 Å². The zero-order valence-electron chi connectivity index (χ0n) is 12.7. The van der Waals surface area contributed by atoms with Crippen LogP contribution in [0.5, 0.6) is 0 Å². The summed E-state index contributed by atoms with van der Waals surface area (Å²) in [4.78, 5) is 0. The van der Waals surface area contributed by atoms with Gasteiger partial charge >= 0.3 is 0 Å². The second-order valence-electron chi connectivity index (χ2n) is 5.63. The van der Waals surface area contributed by atoms with Gasteiger partial charge in [0.2, 0.25) is 0 Å². The van der Waals surface area contributed by atoms with Crippen LogP contribution < -0.4 is 0 Å². The molecule has 0 aliphatic rings. The summed E-state index contributed by atoms with van der Waals surface area (Å²) < 4.78 is 5.31. The molecule has 4 heteroatoms. The third-order valence-corrected chi connectivity index (χ3v) is 7.23. The Morgan fingerprint density at radius 3 is 1.06 bits per heavy atom. The highest BCUT2D eigenvalue weighted by molar-refractivity contribution is 9.10. The third kappa shape index (κ3) is 5.14. The van der Waals surface area contributed by atoms with Crippen LogP contribution in [0.1, 0.15) is 55.4 Å². The van der Waals surface area contributed by atoms with E-state index in [-0.39, 0.29) is 8.22 Å². The Morgan fingerprint density at radius 2 is 0.941 bits per heavy atom. The van der Waals surface area contributed by atoms with Crippen LogP contribution in [-0.4, -0.2) is 38.6 Å². The van der Waals surface area contributed by atoms with Gasteiger partial charge in [-0.3, -0.25) is 9.34 Å². The van der Waals surface area contributed by atoms with Gasteiger partial charge in [0, 0.05) is 24.2 Å². The Kier molecular flexibility index (Phi) is 8.49. The van der Waals surface area contributed by atoms with E-state index < -0.39 is 0 Å². The first-order chi connectivity index (χ1) is 7.73. The molecule has 0 aromatic carbocycles. The molecular formula is C13H30BrN2P. The molecule has 0 atom stereocenters. The van der Waals surface area contributed by atoms with Gasteiger partial charge < -0.3 is 0 Å². The van der Waals surface area contributed by atoms with Crippen molar-refractivity contribution in [2.75, 3.05) is 5.07 Å². The maximum absolute atomic E-state index is 3.74. The van der Waals surface area contributed by atoms with E-state index >= 15 is 0 Å². The Labute approximate surface area is 118 Å². The highest BCUT2D eigenvalue weighted by Gasteiger charge is 2.31. The number of alkyl halides is 1. The van der Waals surface area contributed by atoms with Crippen LogP contribution in [0.4, 0.5) is 0 Å². The molecule has 0 aromatic rings. The molecule has 0 aliphatic heterocycles. The predicted octanol–water partition coefficient (Wildman–Crippen LogP) is 4.89. The van der Waals surface area contributed by atoms with Crippen molar-refractivity contribution >= 4 is 24.2 Å². The van der Waals surface area contributed by atoms with E-state index in [9.17, 15) is 0 Å². The molecule has 0 spiro atoms. The van der Waals surface area contributed by atoms with E-state index in [0.29, 0.717) is 24.2 Å². The van der Waals surface area contributed by atoms with E-state index in [2.05, 4.69) is 80.7 Å². The van der Waals surface area contributed by atoms with Crippen LogP contribution in [0.15, 0.2) is 0 Å². The molecule has 0 unspecified atom stereocenters. The molecule has 17 heavy (non-hydrogen) atoms. The van der Waals surface area contributed by atoms with E-state index in [1.54, 1.807) is 0 Å². The van der Waals surface area contributed by atoms with E-state index in [4.69, 9.17) is 0 Å². The second-order valence-corrected chi connectivity index (χ2v) is 9.04. The van der Waals surface area contributed by atoms with Crippen molar-refractivity contribution < 1.29 is 0 Å². The normalized spacial score (nSPS) is 13.4. The van der Waals surface area contributed by atoms with E-state index in [1.807, 2.05) is 0 Å². The van der Waals surface area contributed by atoms with Gasteiger partial charge in [0.05, 0.1) is 13.3 Å². The molecule has 0 heterocycles. The first-order valence-electron chi connectivity index (χ1n) is 6.64. The molecule has 0 amide bonds. The Balaban J connectivity index is 5.11. The van der Waals surface area contributed by atoms with Gasteiger partial charge in [0.15, 0.2) is 0 Å². The van der Waals surface area contributed by atoms with Gasteiger partial charge in [-0.15, -0.1) is 0 Å². The molecule has 0 saturated heterocycles. The molecular weight excluding hydrogens is 295 g/mol. The number of hydrogen-bond acceptors (Lipinski definition) is 2. The van der Waals surface area contributed by atoms with Crippen molar-refractivity contribution in [3.8, 4) is 0 Å². The van der Waals surface area contributed by atoms with E-state index in [0.717, 1.165) is 5.07 Å². The fourth-order valence-corrected chi connectivity index (χ4v) is 6.67. The summed E-state index contributed by atoms with van der Waals surface area (Å²) in [6.07, 6.45) is 0. The molecule has 0 bridgehead atoms. The highest BCUT2D eigenvalue weighted by Crippen LogP contribution is 2.50. The minimum Gasteiger partial charge on any atom is -0.264 e. The number of nitrogens with zero attached hydrogens (tertiary/aromatic N) is 2. The lowest BCUT2D eigenvalue weighted by Gasteiger charge is -2.46. The average molecular weight is 325 g/mol. The molecule has 0 fully saturated rings. The van der Waals surface area contributed by atoms with Crippen molar-refractivity contribution in [2.24, 2.45) is 0 Å². The summed E-state index contributed by atoms with van der Waals surface area (Å²) in [6.45, 7) is 18.4. The van der Waals surface area contributed by atoms with E-state index in [1.165, 1.54) is 0 Å². The molecule has 0 N–H and O–H groups in total. The summed E-state index contributed by atoms with van der Waals surface area (Å²) in [5.41, 5.74) is 0. The highest BCUT2D eigenvalue weighted by atomic mass is 79.9. The van der Waals surface area contributed by atoms with Gasteiger partial charge in [0.25, 0.3) is 0 Å². The molecule has 0 radical (unpaired) electrons. The van der Waals surface area contributed by atoms with Crippen molar-refractivity contribution in [3.63, 3.8) is 0 Å². The van der Waals surface area contributed by atoms with Crippen LogP contribution in [-0.2, 0) is 0 Å². The maximum Gasteiger partial charge on any atom is 0.0515 e. The number of hydrogen-bond donors (Lipinski definition) is 0. The minimum atomic E-state index is -0.260. The second kappa shape index (κ2) is 8.09. The van der Waals surface area contributed by atoms with Crippen LogP contribution in [0, 0.1) is 0 Å². The molecule has 0 aliphatic carbocycles. The summed E-state index contributed by atoms with van der Waals surface area (Å²) in [7, 11) is -0.260. The SMILES string of the molecule is CC(C)N(C(C)C)P(CBr)N(C(C)C)C(C)C. The Hall–Kier alpha value is 0.830. The van der Waals surface area contributed by atoms with Crippen LogP contribution in [0.2, 0.25) is 0 Å². The van der Waals surface area contributed by atoms with Crippen molar-refractivity contribution in [1.82, 2.24) is 9.34 Å². The summed E-state index contributed by atoms with van der Waals surface area (Å²) in [5, 5.41) is 1.06. The zero-order chi connectivity index (χ0) is 13.7. The molecule has 104 valence electrons. The average Bonchev–Trinajstić information content (AvgIpc) is 2.13. The van der Waals surface area contributed by atoms with Crippen molar-refractivity contribution in [2.45, 2.75) is 79.6 Å². The summed E-state index contributed by atoms with van der Waals surface area (Å²) in [6, 6.07) is 2.38. The lowest BCUT2D eigenvalue weighted by Crippen LogP contribution is -2.43. The fourth-order valence-electron chi connectivity index (χ4n) is 2.50. The van der Waals surface area contributed by atoms with Crippen LogP contribution >= 0.6 is 24.2 Å². The Bertz CT molecular complexity index is 172. The van der Waals surface area contributed by atoms with Gasteiger partial charge in [-0.2, -0.15) is 0 Å². The number of rotatable bonds is 7. The standard InChI is InChI=1S/C13H30BrN2P/c1-10(2)15(11(3)4)17(9-14)16(12(5)6)13(7)8/h10-13H,9H2,1-8H3. The molecule has 0 saturated carbocycles. The first-order valence-corrected chi connectivity index (χ1v) is 9.19. The first kappa shape index (κ1) is 17.8. The summed E-state index contributed by atoms with van der Waals surface area (Å²) in [5.74, 6) is 0.